The van der Waals surface area contributed by atoms with E-state index in [9.17, 15) is 14.8 Å². The Labute approximate surface area is 143 Å². The largest absolute Gasteiger partial charge is 0.475 e. The third-order valence-corrected chi connectivity index (χ3v) is 5.21. The van der Waals surface area contributed by atoms with E-state index in [1.54, 1.807) is 4.90 Å². The third-order valence-electron chi connectivity index (χ3n) is 5.21. The molecule has 24 heavy (non-hydrogen) atoms. The smallest absolute Gasteiger partial charge is 0.426 e. The van der Waals surface area contributed by atoms with Gasteiger partial charge in [-0.3, -0.25) is 4.79 Å². The normalized spacial score (nSPS) is 26.8. The Kier molecular flexibility index (Phi) is 5.55. The van der Waals surface area contributed by atoms with Crippen LogP contribution in [0.2, 0.25) is 0 Å². The number of benzene rings is 1. The Hall–Kier alpha value is -1.41. The molecule has 2 fully saturated rings. The van der Waals surface area contributed by atoms with Gasteiger partial charge in [0.1, 0.15) is 0 Å². The average molecular weight is 331 g/mol. The molecule has 130 valence electrons. The molecule has 2 saturated heterocycles. The molecule has 2 atom stereocenters. The summed E-state index contributed by atoms with van der Waals surface area (Å²) in [6.07, 6.45) is 3.33. The Morgan fingerprint density at radius 2 is 2.17 bits per heavy atom. The molecule has 0 aliphatic carbocycles. The number of carbonyl (C=O) groups excluding carboxylic acids is 1. The number of rotatable bonds is 6. The molecular weight excluding hydrogens is 305 g/mol. The van der Waals surface area contributed by atoms with Crippen LogP contribution < -0.4 is 10.6 Å². The molecule has 3 rings (SSSR count). The molecule has 1 aromatic rings. The summed E-state index contributed by atoms with van der Waals surface area (Å²) in [4.78, 5) is 14.1. The van der Waals surface area contributed by atoms with Crippen LogP contribution in [0.3, 0.4) is 0 Å². The van der Waals surface area contributed by atoms with Crippen molar-refractivity contribution in [3.05, 3.63) is 35.9 Å². The summed E-state index contributed by atoms with van der Waals surface area (Å²) in [6.45, 7) is 2.61. The van der Waals surface area contributed by atoms with Gasteiger partial charge >= 0.3 is 7.12 Å². The van der Waals surface area contributed by atoms with Crippen LogP contribution in [0.4, 0.5) is 0 Å². The second-order valence-electron chi connectivity index (χ2n) is 6.93. The van der Waals surface area contributed by atoms with E-state index < -0.39 is 13.1 Å². The topological polar surface area (TPSA) is 84.8 Å². The van der Waals surface area contributed by atoms with E-state index in [2.05, 4.69) is 22.8 Å². The molecule has 7 heteroatoms. The summed E-state index contributed by atoms with van der Waals surface area (Å²) in [5.74, 6) is -0.518. The van der Waals surface area contributed by atoms with Crippen LogP contribution >= 0.6 is 0 Å². The SMILES string of the molecule is O=C(CNC1(Cc2ccccc2)CCNC1)N1CCC[C@H]1B(O)O. The fourth-order valence-corrected chi connectivity index (χ4v) is 3.87. The number of nitrogens with zero attached hydrogens (tertiary/aromatic N) is 1. The van der Waals surface area contributed by atoms with Crippen molar-refractivity contribution in [2.24, 2.45) is 0 Å². The number of likely N-dealkylation sites (tertiary alicyclic amines) is 1. The van der Waals surface area contributed by atoms with Gasteiger partial charge in [0.15, 0.2) is 0 Å². The van der Waals surface area contributed by atoms with E-state index >= 15 is 0 Å². The lowest BCUT2D eigenvalue weighted by molar-refractivity contribution is -0.130. The first kappa shape index (κ1) is 17.4. The van der Waals surface area contributed by atoms with Gasteiger partial charge in [-0.1, -0.05) is 30.3 Å². The van der Waals surface area contributed by atoms with Gasteiger partial charge in [0.2, 0.25) is 5.91 Å². The molecule has 2 heterocycles. The minimum absolute atomic E-state index is 0.0510. The van der Waals surface area contributed by atoms with Crippen molar-refractivity contribution >= 4 is 13.0 Å². The predicted octanol–water partition coefficient (Wildman–Crippen LogP) is -0.446. The highest BCUT2D eigenvalue weighted by Crippen LogP contribution is 2.22. The molecule has 0 bridgehead atoms. The molecule has 4 N–H and O–H groups in total. The van der Waals surface area contributed by atoms with Crippen molar-refractivity contribution in [2.75, 3.05) is 26.2 Å². The Balaban J connectivity index is 1.61. The lowest BCUT2D eigenvalue weighted by atomic mass is 9.78. The van der Waals surface area contributed by atoms with Crippen LogP contribution in [-0.2, 0) is 11.2 Å². The highest BCUT2D eigenvalue weighted by molar-refractivity contribution is 6.43. The fourth-order valence-electron chi connectivity index (χ4n) is 3.87. The summed E-state index contributed by atoms with van der Waals surface area (Å²) in [5.41, 5.74) is 1.13. The van der Waals surface area contributed by atoms with Crippen molar-refractivity contribution in [3.8, 4) is 0 Å². The van der Waals surface area contributed by atoms with Gasteiger partial charge in [-0.25, -0.2) is 0 Å². The average Bonchev–Trinajstić information content (AvgIpc) is 3.23. The van der Waals surface area contributed by atoms with Gasteiger partial charge < -0.3 is 25.6 Å². The molecule has 1 aromatic carbocycles. The number of hydrogen-bond acceptors (Lipinski definition) is 5. The first-order valence-electron chi connectivity index (χ1n) is 8.75. The van der Waals surface area contributed by atoms with Crippen LogP contribution in [0.1, 0.15) is 24.8 Å². The second-order valence-corrected chi connectivity index (χ2v) is 6.93. The minimum atomic E-state index is -1.46. The lowest BCUT2D eigenvalue weighted by Gasteiger charge is -2.32. The molecule has 1 amide bonds. The van der Waals surface area contributed by atoms with Crippen molar-refractivity contribution in [2.45, 2.75) is 37.2 Å². The van der Waals surface area contributed by atoms with Gasteiger partial charge in [0.25, 0.3) is 0 Å². The lowest BCUT2D eigenvalue weighted by Crippen LogP contribution is -2.54. The van der Waals surface area contributed by atoms with Gasteiger partial charge in [-0.05, 0) is 37.8 Å². The molecular formula is C17H26BN3O3. The number of hydrogen-bond donors (Lipinski definition) is 4. The van der Waals surface area contributed by atoms with Gasteiger partial charge in [0, 0.05) is 18.6 Å². The highest BCUT2D eigenvalue weighted by Gasteiger charge is 2.38. The minimum Gasteiger partial charge on any atom is -0.426 e. The molecule has 0 saturated carbocycles. The summed E-state index contributed by atoms with van der Waals surface area (Å²) in [7, 11) is -1.46. The van der Waals surface area contributed by atoms with Crippen LogP contribution in [0, 0.1) is 0 Å². The Bertz CT molecular complexity index is 549. The van der Waals surface area contributed by atoms with E-state index in [4.69, 9.17) is 0 Å². The van der Waals surface area contributed by atoms with Crippen LogP contribution in [0.5, 0.6) is 0 Å². The number of amides is 1. The number of nitrogens with one attached hydrogen (secondary N) is 2. The van der Waals surface area contributed by atoms with E-state index in [0.717, 1.165) is 32.4 Å². The van der Waals surface area contributed by atoms with Crippen molar-refractivity contribution in [1.29, 1.82) is 0 Å². The predicted molar refractivity (Wildman–Crippen MR) is 93.3 cm³/mol. The van der Waals surface area contributed by atoms with Crippen molar-refractivity contribution in [1.82, 2.24) is 15.5 Å². The maximum atomic E-state index is 12.5. The van der Waals surface area contributed by atoms with E-state index in [0.29, 0.717) is 13.0 Å². The van der Waals surface area contributed by atoms with E-state index in [-0.39, 0.29) is 18.0 Å². The zero-order valence-corrected chi connectivity index (χ0v) is 13.9. The Morgan fingerprint density at radius 1 is 1.38 bits per heavy atom. The van der Waals surface area contributed by atoms with Crippen LogP contribution in [0.25, 0.3) is 0 Å². The third kappa shape index (κ3) is 3.98. The maximum absolute atomic E-state index is 12.5. The molecule has 0 spiro atoms. The molecule has 0 radical (unpaired) electrons. The molecule has 6 nitrogen and oxygen atoms in total. The number of carbonyl (C=O) groups is 1. The monoisotopic (exact) mass is 331 g/mol. The molecule has 2 aliphatic rings. The van der Waals surface area contributed by atoms with Crippen LogP contribution in [0.15, 0.2) is 30.3 Å². The van der Waals surface area contributed by atoms with Crippen LogP contribution in [-0.4, -0.2) is 65.6 Å². The summed E-state index contributed by atoms with van der Waals surface area (Å²) in [5, 5.41) is 25.7. The maximum Gasteiger partial charge on any atom is 0.475 e. The fraction of sp³-hybridized carbons (Fsp3) is 0.588. The van der Waals surface area contributed by atoms with Gasteiger partial charge in [-0.2, -0.15) is 0 Å². The standard InChI is InChI=1S/C17H26BN3O3/c22-16(21-10-4-7-15(21)18(23)24)12-20-17(8-9-19-13-17)11-14-5-2-1-3-6-14/h1-3,5-6,15,19-20,23-24H,4,7-13H2/t15-,17?/m0/s1. The first-order valence-corrected chi connectivity index (χ1v) is 8.75. The summed E-state index contributed by atoms with van der Waals surface area (Å²) in [6, 6.07) is 10.3. The van der Waals surface area contributed by atoms with Crippen molar-refractivity contribution < 1.29 is 14.8 Å². The first-order chi connectivity index (χ1) is 11.6. The van der Waals surface area contributed by atoms with Crippen molar-refractivity contribution in [3.63, 3.8) is 0 Å². The molecule has 0 aromatic heterocycles. The second kappa shape index (κ2) is 7.65. The zero-order valence-electron chi connectivity index (χ0n) is 13.9. The highest BCUT2D eigenvalue weighted by atomic mass is 16.4. The quantitative estimate of drug-likeness (QED) is 0.531. The molecule has 2 aliphatic heterocycles. The zero-order chi connectivity index (χ0) is 17.0. The summed E-state index contributed by atoms with van der Waals surface area (Å²) < 4.78 is 0. The van der Waals surface area contributed by atoms with E-state index in [1.807, 2.05) is 18.2 Å². The molecule has 1 unspecified atom stereocenters. The van der Waals surface area contributed by atoms with E-state index in [1.165, 1.54) is 5.56 Å². The van der Waals surface area contributed by atoms with Gasteiger partial charge in [0.05, 0.1) is 12.5 Å². The Morgan fingerprint density at radius 3 is 2.83 bits per heavy atom. The summed E-state index contributed by atoms with van der Waals surface area (Å²) >= 11 is 0. The van der Waals surface area contributed by atoms with Gasteiger partial charge in [-0.15, -0.1) is 0 Å².